The molecule has 0 radical (unpaired) electrons. The van der Waals surface area contributed by atoms with Gasteiger partial charge in [-0.15, -0.1) is 0 Å². The van der Waals surface area contributed by atoms with Crippen LogP contribution in [0.1, 0.15) is 0 Å². The summed E-state index contributed by atoms with van der Waals surface area (Å²) in [5.74, 6) is 1.95. The Hall–Kier alpha value is -1.58. The highest BCUT2D eigenvalue weighted by molar-refractivity contribution is 5.63. The first kappa shape index (κ1) is 11.5. The van der Waals surface area contributed by atoms with E-state index in [1.807, 2.05) is 31.1 Å². The molecule has 0 aliphatic carbocycles. The SMILES string of the molecule is COc1cc(N(C)C)cc(OC)c1OC. The molecule has 4 nitrogen and oxygen atoms in total. The smallest absolute Gasteiger partial charge is 0.203 e. The largest absolute Gasteiger partial charge is 0.493 e. The standard InChI is InChI=1S/C11H17NO3/c1-12(2)8-6-9(13-3)11(15-5)10(7-8)14-4/h6-7H,1-5H3. The van der Waals surface area contributed by atoms with Gasteiger partial charge in [-0.05, 0) is 0 Å². The zero-order valence-corrected chi connectivity index (χ0v) is 9.83. The molecular formula is C11H17NO3. The maximum absolute atomic E-state index is 5.24. The number of ether oxygens (including phenoxy) is 3. The van der Waals surface area contributed by atoms with Crippen molar-refractivity contribution in [3.8, 4) is 17.2 Å². The lowest BCUT2D eigenvalue weighted by Gasteiger charge is -2.18. The first-order valence-electron chi connectivity index (χ1n) is 4.61. The highest BCUT2D eigenvalue weighted by Gasteiger charge is 2.13. The van der Waals surface area contributed by atoms with Crippen molar-refractivity contribution in [3.05, 3.63) is 12.1 Å². The molecule has 0 saturated heterocycles. The Morgan fingerprint density at radius 3 is 1.60 bits per heavy atom. The van der Waals surface area contributed by atoms with Crippen molar-refractivity contribution in [1.29, 1.82) is 0 Å². The van der Waals surface area contributed by atoms with E-state index in [9.17, 15) is 0 Å². The van der Waals surface area contributed by atoms with Gasteiger partial charge < -0.3 is 19.1 Å². The summed E-state index contributed by atoms with van der Waals surface area (Å²) < 4.78 is 15.7. The van der Waals surface area contributed by atoms with E-state index in [1.165, 1.54) is 0 Å². The lowest BCUT2D eigenvalue weighted by atomic mass is 10.2. The molecule has 0 N–H and O–H groups in total. The minimum atomic E-state index is 0.616. The van der Waals surface area contributed by atoms with E-state index in [0.29, 0.717) is 17.2 Å². The molecule has 0 heterocycles. The second-order valence-corrected chi connectivity index (χ2v) is 3.28. The molecule has 15 heavy (non-hydrogen) atoms. The third-order valence-electron chi connectivity index (χ3n) is 2.17. The molecule has 0 saturated carbocycles. The second-order valence-electron chi connectivity index (χ2n) is 3.28. The van der Waals surface area contributed by atoms with Gasteiger partial charge in [-0.1, -0.05) is 0 Å². The number of methoxy groups -OCH3 is 3. The fourth-order valence-corrected chi connectivity index (χ4v) is 1.33. The van der Waals surface area contributed by atoms with Gasteiger partial charge in [-0.2, -0.15) is 0 Å². The fraction of sp³-hybridized carbons (Fsp3) is 0.455. The predicted molar refractivity (Wildman–Crippen MR) is 60.4 cm³/mol. The third-order valence-corrected chi connectivity index (χ3v) is 2.17. The van der Waals surface area contributed by atoms with Crippen LogP contribution in [0.4, 0.5) is 5.69 Å². The maximum Gasteiger partial charge on any atom is 0.203 e. The van der Waals surface area contributed by atoms with Gasteiger partial charge >= 0.3 is 0 Å². The normalized spacial score (nSPS) is 9.67. The first-order chi connectivity index (χ1) is 7.13. The van der Waals surface area contributed by atoms with Crippen molar-refractivity contribution in [2.75, 3.05) is 40.3 Å². The van der Waals surface area contributed by atoms with Gasteiger partial charge in [0.25, 0.3) is 0 Å². The second kappa shape index (κ2) is 4.77. The summed E-state index contributed by atoms with van der Waals surface area (Å²) in [6.07, 6.45) is 0. The van der Waals surface area contributed by atoms with Crippen LogP contribution in [0.5, 0.6) is 17.2 Å². The molecular weight excluding hydrogens is 194 g/mol. The number of hydrogen-bond acceptors (Lipinski definition) is 4. The summed E-state index contributed by atoms with van der Waals surface area (Å²) >= 11 is 0. The lowest BCUT2D eigenvalue weighted by molar-refractivity contribution is 0.324. The van der Waals surface area contributed by atoms with E-state index in [1.54, 1.807) is 21.3 Å². The minimum absolute atomic E-state index is 0.616. The van der Waals surface area contributed by atoms with Gasteiger partial charge in [0.1, 0.15) is 0 Å². The van der Waals surface area contributed by atoms with Gasteiger partial charge in [0, 0.05) is 31.9 Å². The van der Waals surface area contributed by atoms with Crippen LogP contribution in [0.15, 0.2) is 12.1 Å². The number of anilines is 1. The number of benzene rings is 1. The van der Waals surface area contributed by atoms with Gasteiger partial charge in [-0.3, -0.25) is 0 Å². The van der Waals surface area contributed by atoms with Crippen LogP contribution >= 0.6 is 0 Å². The van der Waals surface area contributed by atoms with Crippen LogP contribution in [0.2, 0.25) is 0 Å². The van der Waals surface area contributed by atoms with Crippen LogP contribution in [0, 0.1) is 0 Å². The summed E-state index contributed by atoms with van der Waals surface area (Å²) in [6, 6.07) is 3.81. The molecule has 84 valence electrons. The Kier molecular flexibility index (Phi) is 3.66. The topological polar surface area (TPSA) is 30.9 Å². The molecule has 0 spiro atoms. The summed E-state index contributed by atoms with van der Waals surface area (Å²) in [5, 5.41) is 0. The van der Waals surface area contributed by atoms with Crippen LogP contribution in [0.3, 0.4) is 0 Å². The van der Waals surface area contributed by atoms with Gasteiger partial charge in [0.2, 0.25) is 5.75 Å². The van der Waals surface area contributed by atoms with E-state index >= 15 is 0 Å². The van der Waals surface area contributed by atoms with Crippen LogP contribution in [-0.4, -0.2) is 35.4 Å². The maximum atomic E-state index is 5.24. The van der Waals surface area contributed by atoms with Crippen molar-refractivity contribution in [2.24, 2.45) is 0 Å². The third kappa shape index (κ3) is 2.26. The van der Waals surface area contributed by atoms with E-state index in [-0.39, 0.29) is 0 Å². The highest BCUT2D eigenvalue weighted by atomic mass is 16.5. The Morgan fingerprint density at radius 2 is 1.33 bits per heavy atom. The summed E-state index contributed by atoms with van der Waals surface area (Å²) in [5.41, 5.74) is 1.00. The summed E-state index contributed by atoms with van der Waals surface area (Å²) in [7, 11) is 8.73. The van der Waals surface area contributed by atoms with Crippen molar-refractivity contribution in [1.82, 2.24) is 0 Å². The Bertz CT molecular complexity index is 312. The number of rotatable bonds is 4. The van der Waals surface area contributed by atoms with Gasteiger partial charge in [-0.25, -0.2) is 0 Å². The van der Waals surface area contributed by atoms with Gasteiger partial charge in [0.15, 0.2) is 11.5 Å². The molecule has 0 fully saturated rings. The van der Waals surface area contributed by atoms with Crippen LogP contribution in [0.25, 0.3) is 0 Å². The number of nitrogens with zero attached hydrogens (tertiary/aromatic N) is 1. The van der Waals surface area contributed by atoms with Gasteiger partial charge in [0.05, 0.1) is 21.3 Å². The van der Waals surface area contributed by atoms with Crippen molar-refractivity contribution in [3.63, 3.8) is 0 Å². The molecule has 1 aromatic rings. The van der Waals surface area contributed by atoms with E-state index in [0.717, 1.165) is 5.69 Å². The molecule has 0 aromatic heterocycles. The molecule has 0 bridgehead atoms. The Balaban J connectivity index is 3.29. The van der Waals surface area contributed by atoms with E-state index in [4.69, 9.17) is 14.2 Å². The predicted octanol–water partition coefficient (Wildman–Crippen LogP) is 1.78. The Morgan fingerprint density at radius 1 is 0.867 bits per heavy atom. The van der Waals surface area contributed by atoms with Crippen LogP contribution in [-0.2, 0) is 0 Å². The molecule has 0 aliphatic heterocycles. The van der Waals surface area contributed by atoms with Crippen molar-refractivity contribution < 1.29 is 14.2 Å². The van der Waals surface area contributed by atoms with Crippen LogP contribution < -0.4 is 19.1 Å². The molecule has 0 unspecified atom stereocenters. The monoisotopic (exact) mass is 211 g/mol. The van der Waals surface area contributed by atoms with E-state index < -0.39 is 0 Å². The quantitative estimate of drug-likeness (QED) is 0.759. The van der Waals surface area contributed by atoms with Crippen molar-refractivity contribution >= 4 is 5.69 Å². The van der Waals surface area contributed by atoms with Crippen molar-refractivity contribution in [2.45, 2.75) is 0 Å². The molecule has 4 heteroatoms. The minimum Gasteiger partial charge on any atom is -0.493 e. The molecule has 0 atom stereocenters. The highest BCUT2D eigenvalue weighted by Crippen LogP contribution is 2.40. The number of hydrogen-bond donors (Lipinski definition) is 0. The molecule has 0 aliphatic rings. The van der Waals surface area contributed by atoms with E-state index in [2.05, 4.69) is 0 Å². The fourth-order valence-electron chi connectivity index (χ4n) is 1.33. The molecule has 1 rings (SSSR count). The first-order valence-corrected chi connectivity index (χ1v) is 4.61. The lowest BCUT2D eigenvalue weighted by Crippen LogP contribution is -2.09. The zero-order chi connectivity index (χ0) is 11.4. The molecule has 1 aromatic carbocycles. The summed E-state index contributed by atoms with van der Waals surface area (Å²) in [6.45, 7) is 0. The summed E-state index contributed by atoms with van der Waals surface area (Å²) in [4.78, 5) is 1.98. The average molecular weight is 211 g/mol. The zero-order valence-electron chi connectivity index (χ0n) is 9.83. The Labute approximate surface area is 90.4 Å². The molecule has 0 amide bonds. The average Bonchev–Trinajstić information content (AvgIpc) is 2.26.